The first-order valence-corrected chi connectivity index (χ1v) is 6.12. The van der Waals surface area contributed by atoms with Crippen LogP contribution < -0.4 is 0 Å². The molecule has 1 unspecified atom stereocenters. The Morgan fingerprint density at radius 2 is 1.89 bits per heavy atom. The second-order valence-corrected chi connectivity index (χ2v) is 4.81. The monoisotopic (exact) mass is 261 g/mol. The molecule has 1 aromatic carbocycles. The summed E-state index contributed by atoms with van der Waals surface area (Å²) in [6.07, 6.45) is 0.202. The molecule has 2 amide bonds. The number of aliphatic carboxylic acids is 1. The Morgan fingerprint density at radius 1 is 1.26 bits per heavy atom. The molecule has 1 heterocycles. The smallest absolute Gasteiger partial charge is 0.303 e. The van der Waals surface area contributed by atoms with Gasteiger partial charge in [0.2, 0.25) is 0 Å². The predicted molar refractivity (Wildman–Crippen MR) is 68.0 cm³/mol. The highest BCUT2D eigenvalue weighted by atomic mass is 16.4. The summed E-state index contributed by atoms with van der Waals surface area (Å²) in [6.45, 7) is 3.55. The molecule has 1 aromatic rings. The van der Waals surface area contributed by atoms with Crippen molar-refractivity contribution in [3.05, 3.63) is 34.9 Å². The summed E-state index contributed by atoms with van der Waals surface area (Å²) in [6, 6.07) is 4.72. The molecule has 0 saturated carbocycles. The number of imide groups is 1. The van der Waals surface area contributed by atoms with Crippen molar-refractivity contribution >= 4 is 17.8 Å². The summed E-state index contributed by atoms with van der Waals surface area (Å²) >= 11 is 0. The van der Waals surface area contributed by atoms with Crippen LogP contribution in [-0.4, -0.2) is 33.8 Å². The van der Waals surface area contributed by atoms with Gasteiger partial charge in [-0.15, -0.1) is 0 Å². The molecule has 1 atom stereocenters. The van der Waals surface area contributed by atoms with E-state index < -0.39 is 12.0 Å². The topological polar surface area (TPSA) is 74.7 Å². The average Bonchev–Trinajstić information content (AvgIpc) is 2.59. The van der Waals surface area contributed by atoms with Crippen molar-refractivity contribution in [1.29, 1.82) is 0 Å². The van der Waals surface area contributed by atoms with Crippen molar-refractivity contribution in [3.63, 3.8) is 0 Å². The summed E-state index contributed by atoms with van der Waals surface area (Å²) in [5, 5.41) is 8.66. The SMILES string of the molecule is Cc1ccc2c(c1)C(=O)N(C(C)CCC(=O)O)C2=O. The van der Waals surface area contributed by atoms with Crippen LogP contribution in [0.2, 0.25) is 0 Å². The number of amides is 2. The maximum Gasteiger partial charge on any atom is 0.303 e. The zero-order valence-electron chi connectivity index (χ0n) is 10.8. The Bertz CT molecular complexity index is 565. The molecule has 19 heavy (non-hydrogen) atoms. The lowest BCUT2D eigenvalue weighted by Gasteiger charge is -2.21. The first-order chi connectivity index (χ1) is 8.91. The number of rotatable bonds is 4. The Labute approximate surface area is 110 Å². The van der Waals surface area contributed by atoms with Crippen LogP contribution >= 0.6 is 0 Å². The van der Waals surface area contributed by atoms with Gasteiger partial charge in [0.1, 0.15) is 0 Å². The standard InChI is InChI=1S/C14H15NO4/c1-8-3-5-10-11(7-8)14(19)15(13(10)18)9(2)4-6-12(16)17/h3,5,7,9H,4,6H2,1-2H3,(H,16,17). The van der Waals surface area contributed by atoms with Crippen LogP contribution in [0.1, 0.15) is 46.0 Å². The van der Waals surface area contributed by atoms with E-state index in [4.69, 9.17) is 5.11 Å². The van der Waals surface area contributed by atoms with E-state index in [-0.39, 0.29) is 24.7 Å². The Morgan fingerprint density at radius 3 is 2.53 bits per heavy atom. The lowest BCUT2D eigenvalue weighted by atomic mass is 10.1. The molecule has 0 fully saturated rings. The number of hydrogen-bond acceptors (Lipinski definition) is 3. The third-order valence-corrected chi connectivity index (χ3v) is 3.29. The number of benzene rings is 1. The number of carboxylic acids is 1. The maximum atomic E-state index is 12.2. The minimum absolute atomic E-state index is 0.0619. The number of fused-ring (bicyclic) bond motifs is 1. The molecule has 0 saturated heterocycles. The second kappa shape index (κ2) is 4.84. The highest BCUT2D eigenvalue weighted by molar-refractivity contribution is 6.21. The van der Waals surface area contributed by atoms with E-state index in [0.717, 1.165) is 10.5 Å². The number of carboxylic acid groups (broad SMARTS) is 1. The third-order valence-electron chi connectivity index (χ3n) is 3.29. The van der Waals surface area contributed by atoms with Crippen LogP contribution in [0.15, 0.2) is 18.2 Å². The molecule has 1 aliphatic rings. The first-order valence-electron chi connectivity index (χ1n) is 6.12. The van der Waals surface area contributed by atoms with Gasteiger partial charge in [-0.2, -0.15) is 0 Å². The molecule has 0 aromatic heterocycles. The fraction of sp³-hybridized carbons (Fsp3) is 0.357. The molecule has 5 nitrogen and oxygen atoms in total. The van der Waals surface area contributed by atoms with E-state index in [9.17, 15) is 14.4 Å². The second-order valence-electron chi connectivity index (χ2n) is 4.81. The van der Waals surface area contributed by atoms with Gasteiger partial charge in [0, 0.05) is 12.5 Å². The molecular weight excluding hydrogens is 246 g/mol. The van der Waals surface area contributed by atoms with Crippen molar-refractivity contribution in [2.45, 2.75) is 32.7 Å². The zero-order chi connectivity index (χ0) is 14.2. The Kier molecular flexibility index (Phi) is 3.38. The normalized spacial score (nSPS) is 15.6. The van der Waals surface area contributed by atoms with Crippen LogP contribution in [0.3, 0.4) is 0 Å². The van der Waals surface area contributed by atoms with Crippen molar-refractivity contribution in [3.8, 4) is 0 Å². The van der Waals surface area contributed by atoms with E-state index in [0.29, 0.717) is 11.1 Å². The molecule has 0 aliphatic carbocycles. The molecule has 5 heteroatoms. The van der Waals surface area contributed by atoms with Gasteiger partial charge in [0.05, 0.1) is 11.1 Å². The van der Waals surface area contributed by atoms with Gasteiger partial charge in [-0.3, -0.25) is 19.3 Å². The molecule has 1 aliphatic heterocycles. The molecule has 0 spiro atoms. The van der Waals surface area contributed by atoms with Gasteiger partial charge in [0.25, 0.3) is 11.8 Å². The van der Waals surface area contributed by atoms with Gasteiger partial charge in [0.15, 0.2) is 0 Å². The van der Waals surface area contributed by atoms with E-state index in [1.165, 1.54) is 0 Å². The molecular formula is C14H15NO4. The quantitative estimate of drug-likeness (QED) is 0.839. The summed E-state index contributed by atoms with van der Waals surface area (Å²) in [5.74, 6) is -1.60. The minimum Gasteiger partial charge on any atom is -0.481 e. The van der Waals surface area contributed by atoms with Crippen LogP contribution in [0.4, 0.5) is 0 Å². The molecule has 100 valence electrons. The van der Waals surface area contributed by atoms with Crippen molar-refractivity contribution in [1.82, 2.24) is 4.90 Å². The summed E-state index contributed by atoms with van der Waals surface area (Å²) < 4.78 is 0. The predicted octanol–water partition coefficient (Wildman–Crippen LogP) is 1.84. The van der Waals surface area contributed by atoms with E-state index in [1.54, 1.807) is 25.1 Å². The molecule has 0 radical (unpaired) electrons. The minimum atomic E-state index is -0.931. The van der Waals surface area contributed by atoms with Crippen LogP contribution in [-0.2, 0) is 4.79 Å². The Balaban J connectivity index is 2.24. The van der Waals surface area contributed by atoms with Gasteiger partial charge in [-0.1, -0.05) is 11.6 Å². The highest BCUT2D eigenvalue weighted by Gasteiger charge is 2.38. The van der Waals surface area contributed by atoms with Crippen LogP contribution in [0, 0.1) is 6.92 Å². The first kappa shape index (κ1) is 13.3. The number of hydrogen-bond donors (Lipinski definition) is 1. The van der Waals surface area contributed by atoms with Crippen LogP contribution in [0.25, 0.3) is 0 Å². The number of carbonyl (C=O) groups excluding carboxylic acids is 2. The lowest BCUT2D eigenvalue weighted by molar-refractivity contribution is -0.137. The van der Waals surface area contributed by atoms with Gasteiger partial charge in [-0.25, -0.2) is 0 Å². The molecule has 0 bridgehead atoms. The largest absolute Gasteiger partial charge is 0.481 e. The number of carbonyl (C=O) groups is 3. The maximum absolute atomic E-state index is 12.2. The Hall–Kier alpha value is -2.17. The summed E-state index contributed by atoms with van der Waals surface area (Å²) in [5.41, 5.74) is 1.73. The van der Waals surface area contributed by atoms with Crippen molar-refractivity contribution in [2.24, 2.45) is 0 Å². The average molecular weight is 261 g/mol. The molecule has 1 N–H and O–H groups in total. The lowest BCUT2D eigenvalue weighted by Crippen LogP contribution is -2.38. The van der Waals surface area contributed by atoms with Crippen molar-refractivity contribution in [2.75, 3.05) is 0 Å². The van der Waals surface area contributed by atoms with Gasteiger partial charge in [-0.05, 0) is 32.4 Å². The van der Waals surface area contributed by atoms with Gasteiger partial charge >= 0.3 is 5.97 Å². The number of aryl methyl sites for hydroxylation is 1. The van der Waals surface area contributed by atoms with E-state index in [2.05, 4.69) is 0 Å². The van der Waals surface area contributed by atoms with Crippen molar-refractivity contribution < 1.29 is 19.5 Å². The fourth-order valence-corrected chi connectivity index (χ4v) is 2.24. The van der Waals surface area contributed by atoms with Gasteiger partial charge < -0.3 is 5.11 Å². The third kappa shape index (κ3) is 2.36. The summed E-state index contributed by atoms with van der Waals surface area (Å²) in [7, 11) is 0. The van der Waals surface area contributed by atoms with E-state index >= 15 is 0 Å². The summed E-state index contributed by atoms with van der Waals surface area (Å²) in [4.78, 5) is 36.1. The molecule has 2 rings (SSSR count). The number of nitrogens with zero attached hydrogens (tertiary/aromatic N) is 1. The fourth-order valence-electron chi connectivity index (χ4n) is 2.24. The van der Waals surface area contributed by atoms with E-state index in [1.807, 2.05) is 6.92 Å². The zero-order valence-corrected chi connectivity index (χ0v) is 10.8. The highest BCUT2D eigenvalue weighted by Crippen LogP contribution is 2.26. The van der Waals surface area contributed by atoms with Crippen LogP contribution in [0.5, 0.6) is 0 Å².